The van der Waals surface area contributed by atoms with Gasteiger partial charge in [-0.15, -0.1) is 0 Å². The molecule has 0 saturated heterocycles. The molecule has 0 unspecified atom stereocenters. The van der Waals surface area contributed by atoms with Crippen molar-refractivity contribution in [2.75, 3.05) is 5.32 Å². The van der Waals surface area contributed by atoms with Crippen LogP contribution >= 0.6 is 23.4 Å². The molecule has 1 amide bonds. The van der Waals surface area contributed by atoms with E-state index in [4.69, 9.17) is 11.6 Å². The minimum Gasteiger partial charge on any atom is -0.323 e. The number of carbonyl (C=O) groups is 1. The van der Waals surface area contributed by atoms with Crippen LogP contribution in [-0.4, -0.2) is 15.7 Å². The summed E-state index contributed by atoms with van der Waals surface area (Å²) in [4.78, 5) is 14.2. The lowest BCUT2D eigenvalue weighted by atomic mass is 10.3. The van der Waals surface area contributed by atoms with E-state index in [-0.39, 0.29) is 12.2 Å². The number of anilines is 1. The maximum absolute atomic E-state index is 12.9. The number of nitrogens with zero attached hydrogens (tertiary/aromatic N) is 2. The van der Waals surface area contributed by atoms with Gasteiger partial charge in [0.1, 0.15) is 6.54 Å². The molecule has 0 spiro atoms. The van der Waals surface area contributed by atoms with Gasteiger partial charge in [0.2, 0.25) is 5.91 Å². The predicted molar refractivity (Wildman–Crippen MR) is 103 cm³/mol. The number of halogens is 4. The molecule has 0 saturated carbocycles. The third-order valence-corrected chi connectivity index (χ3v) is 5.36. The van der Waals surface area contributed by atoms with Gasteiger partial charge in [-0.2, -0.15) is 18.3 Å². The first kappa shape index (κ1) is 20.3. The number of hydrogen-bond acceptors (Lipinski definition) is 3. The molecule has 28 heavy (non-hydrogen) atoms. The number of alkyl halides is 3. The van der Waals surface area contributed by atoms with Crippen LogP contribution < -0.4 is 5.32 Å². The van der Waals surface area contributed by atoms with Crippen molar-refractivity contribution in [1.82, 2.24) is 9.78 Å². The number of para-hydroxylation sites is 1. The highest BCUT2D eigenvalue weighted by molar-refractivity contribution is 7.99. The van der Waals surface area contributed by atoms with E-state index in [0.717, 1.165) is 14.5 Å². The Hall–Kier alpha value is -2.45. The number of amides is 1. The first-order valence-corrected chi connectivity index (χ1v) is 9.37. The highest BCUT2D eigenvalue weighted by Crippen LogP contribution is 2.35. The van der Waals surface area contributed by atoms with Crippen LogP contribution in [0.5, 0.6) is 0 Å². The van der Waals surface area contributed by atoms with E-state index in [9.17, 15) is 18.0 Å². The average Bonchev–Trinajstić information content (AvgIpc) is 2.93. The Labute approximate surface area is 168 Å². The fourth-order valence-corrected chi connectivity index (χ4v) is 3.62. The second kappa shape index (κ2) is 8.28. The molecule has 0 atom stereocenters. The predicted octanol–water partition coefficient (Wildman–Crippen LogP) is 5.65. The van der Waals surface area contributed by atoms with Crippen LogP contribution in [0.4, 0.5) is 18.9 Å². The molecule has 146 valence electrons. The standard InChI is InChI=1S/C19H15ClF3N3OS/c1-12-17(20)18(19(21,22)23)25-26(12)11-16(27)24-14-9-5-6-10-15(14)28-13-7-3-2-4-8-13/h2-10H,11H2,1H3,(H,24,27). The maximum Gasteiger partial charge on any atom is 0.436 e. The normalized spacial score (nSPS) is 11.5. The highest BCUT2D eigenvalue weighted by atomic mass is 35.5. The van der Waals surface area contributed by atoms with E-state index in [1.165, 1.54) is 18.7 Å². The Morgan fingerprint density at radius 1 is 1.14 bits per heavy atom. The molecule has 0 bridgehead atoms. The van der Waals surface area contributed by atoms with E-state index >= 15 is 0 Å². The average molecular weight is 426 g/mol. The van der Waals surface area contributed by atoms with E-state index in [1.54, 1.807) is 12.1 Å². The number of hydrogen-bond donors (Lipinski definition) is 1. The molecule has 0 aliphatic heterocycles. The summed E-state index contributed by atoms with van der Waals surface area (Å²) in [7, 11) is 0. The Bertz CT molecular complexity index is 990. The van der Waals surface area contributed by atoms with E-state index in [2.05, 4.69) is 10.4 Å². The summed E-state index contributed by atoms with van der Waals surface area (Å²) < 4.78 is 39.7. The summed E-state index contributed by atoms with van der Waals surface area (Å²) in [6.45, 7) is 1.00. The maximum atomic E-state index is 12.9. The Kier molecular flexibility index (Phi) is 6.00. The summed E-state index contributed by atoms with van der Waals surface area (Å²) >= 11 is 7.19. The third kappa shape index (κ3) is 4.69. The van der Waals surface area contributed by atoms with Crippen molar-refractivity contribution in [2.45, 2.75) is 29.4 Å². The van der Waals surface area contributed by atoms with Gasteiger partial charge >= 0.3 is 6.18 Å². The second-order valence-corrected chi connectivity index (χ2v) is 7.36. The molecule has 4 nitrogen and oxygen atoms in total. The summed E-state index contributed by atoms with van der Waals surface area (Å²) in [5.74, 6) is -0.503. The van der Waals surface area contributed by atoms with Crippen LogP contribution in [0.3, 0.4) is 0 Å². The van der Waals surface area contributed by atoms with Crippen molar-refractivity contribution >= 4 is 35.0 Å². The number of nitrogens with one attached hydrogen (secondary N) is 1. The summed E-state index contributed by atoms with van der Waals surface area (Å²) in [5, 5.41) is 5.68. The number of benzene rings is 2. The Morgan fingerprint density at radius 2 is 1.79 bits per heavy atom. The molecule has 3 aromatic rings. The molecule has 9 heteroatoms. The first-order valence-electron chi connectivity index (χ1n) is 8.17. The fourth-order valence-electron chi connectivity index (χ4n) is 2.46. The third-order valence-electron chi connectivity index (χ3n) is 3.83. The molecule has 0 radical (unpaired) electrons. The van der Waals surface area contributed by atoms with Gasteiger partial charge < -0.3 is 5.32 Å². The zero-order valence-corrected chi connectivity index (χ0v) is 16.2. The summed E-state index contributed by atoms with van der Waals surface area (Å²) in [6.07, 6.45) is -4.68. The molecule has 0 aliphatic carbocycles. The van der Waals surface area contributed by atoms with Gasteiger partial charge in [-0.05, 0) is 31.2 Å². The summed E-state index contributed by atoms with van der Waals surface area (Å²) in [5.41, 5.74) is -0.552. The first-order chi connectivity index (χ1) is 13.3. The van der Waals surface area contributed by atoms with Gasteiger partial charge in [-0.25, -0.2) is 0 Å². The fraction of sp³-hybridized carbons (Fsp3) is 0.158. The number of carbonyl (C=O) groups excluding carboxylic acids is 1. The van der Waals surface area contributed by atoms with Gasteiger partial charge in [-0.1, -0.05) is 53.7 Å². The topological polar surface area (TPSA) is 46.9 Å². The quantitative estimate of drug-likeness (QED) is 0.574. The van der Waals surface area contributed by atoms with Gasteiger partial charge in [-0.3, -0.25) is 9.48 Å². The molecular weight excluding hydrogens is 411 g/mol. The SMILES string of the molecule is Cc1c(Cl)c(C(F)(F)F)nn1CC(=O)Nc1ccccc1Sc1ccccc1. The number of rotatable bonds is 5. The Morgan fingerprint density at radius 3 is 2.43 bits per heavy atom. The Balaban J connectivity index is 1.76. The van der Waals surface area contributed by atoms with Crippen molar-refractivity contribution in [2.24, 2.45) is 0 Å². The molecule has 0 aliphatic rings. The van der Waals surface area contributed by atoms with Gasteiger partial charge in [0.25, 0.3) is 0 Å². The zero-order valence-electron chi connectivity index (χ0n) is 14.6. The lowest BCUT2D eigenvalue weighted by Gasteiger charge is -2.11. The molecule has 0 fully saturated rings. The molecule has 1 heterocycles. The highest BCUT2D eigenvalue weighted by Gasteiger charge is 2.38. The van der Waals surface area contributed by atoms with Gasteiger partial charge in [0.15, 0.2) is 5.69 Å². The minimum absolute atomic E-state index is 0.0797. The van der Waals surface area contributed by atoms with Crippen LogP contribution in [0.2, 0.25) is 5.02 Å². The van der Waals surface area contributed by atoms with Crippen LogP contribution in [0.1, 0.15) is 11.4 Å². The van der Waals surface area contributed by atoms with Gasteiger partial charge in [0, 0.05) is 9.79 Å². The number of aromatic nitrogens is 2. The van der Waals surface area contributed by atoms with Crippen molar-refractivity contribution in [3.8, 4) is 0 Å². The molecule has 1 aromatic heterocycles. The molecular formula is C19H15ClF3N3OS. The monoisotopic (exact) mass is 425 g/mol. The second-order valence-electron chi connectivity index (χ2n) is 5.86. The van der Waals surface area contributed by atoms with Crippen molar-refractivity contribution < 1.29 is 18.0 Å². The lowest BCUT2D eigenvalue weighted by Crippen LogP contribution is -2.21. The van der Waals surface area contributed by atoms with E-state index in [0.29, 0.717) is 5.69 Å². The molecule has 3 rings (SSSR count). The zero-order chi connectivity index (χ0) is 20.3. The van der Waals surface area contributed by atoms with Crippen LogP contribution in [0.25, 0.3) is 0 Å². The minimum atomic E-state index is -4.68. The molecule has 2 aromatic carbocycles. The van der Waals surface area contributed by atoms with Crippen molar-refractivity contribution in [3.63, 3.8) is 0 Å². The smallest absolute Gasteiger partial charge is 0.323 e. The van der Waals surface area contributed by atoms with E-state index in [1.807, 2.05) is 42.5 Å². The van der Waals surface area contributed by atoms with Crippen LogP contribution in [-0.2, 0) is 17.5 Å². The lowest BCUT2D eigenvalue weighted by molar-refractivity contribution is -0.141. The van der Waals surface area contributed by atoms with Crippen LogP contribution in [0, 0.1) is 6.92 Å². The van der Waals surface area contributed by atoms with Crippen LogP contribution in [0.15, 0.2) is 64.4 Å². The summed E-state index contributed by atoms with van der Waals surface area (Å²) in [6, 6.07) is 16.8. The van der Waals surface area contributed by atoms with E-state index < -0.39 is 22.8 Å². The van der Waals surface area contributed by atoms with Crippen molar-refractivity contribution in [3.05, 3.63) is 71.0 Å². The largest absolute Gasteiger partial charge is 0.436 e. The van der Waals surface area contributed by atoms with Gasteiger partial charge in [0.05, 0.1) is 16.4 Å². The molecule has 1 N–H and O–H groups in total. The van der Waals surface area contributed by atoms with Crippen molar-refractivity contribution in [1.29, 1.82) is 0 Å².